The maximum Gasteiger partial charge on any atom is 0.306 e. The molecule has 0 N–H and O–H groups in total. The molecule has 1 fully saturated rings. The summed E-state index contributed by atoms with van der Waals surface area (Å²) in [5.41, 5.74) is 0. The normalized spacial score (nSPS) is 18.6. The highest BCUT2D eigenvalue weighted by Crippen LogP contribution is 2.08. The lowest BCUT2D eigenvalue weighted by molar-refractivity contribution is -0.141. The van der Waals surface area contributed by atoms with Crippen LogP contribution in [-0.4, -0.2) is 81.4 Å². The van der Waals surface area contributed by atoms with E-state index in [2.05, 4.69) is 9.64 Å². The van der Waals surface area contributed by atoms with E-state index >= 15 is 0 Å². The van der Waals surface area contributed by atoms with Crippen LogP contribution in [0.25, 0.3) is 0 Å². The van der Waals surface area contributed by atoms with Gasteiger partial charge in [0.05, 0.1) is 13.5 Å². The Morgan fingerprint density at radius 2 is 1.75 bits per heavy atom. The average Bonchev–Trinajstić information content (AvgIpc) is 2.42. The Balaban J connectivity index is 2.42. The second-order valence-corrected chi connectivity index (χ2v) is 7.33. The number of nitrogens with zero attached hydrogens (tertiary/aromatic N) is 2. The summed E-state index contributed by atoms with van der Waals surface area (Å²) in [5.74, 6) is -0.602. The van der Waals surface area contributed by atoms with E-state index < -0.39 is 15.1 Å². The van der Waals surface area contributed by atoms with E-state index in [1.54, 1.807) is 4.90 Å². The Morgan fingerprint density at radius 3 is 2.20 bits per heavy atom. The number of hydrogen-bond donors (Lipinski definition) is 0. The zero-order valence-corrected chi connectivity index (χ0v) is 13.0. The number of amides is 1. The summed E-state index contributed by atoms with van der Waals surface area (Å²) in [6.45, 7) is 4.26. The van der Waals surface area contributed by atoms with Crippen LogP contribution in [0.5, 0.6) is 0 Å². The summed E-state index contributed by atoms with van der Waals surface area (Å²) >= 11 is 0. The molecule has 7 nitrogen and oxygen atoms in total. The third-order valence-corrected chi connectivity index (χ3v) is 5.02. The van der Waals surface area contributed by atoms with E-state index in [1.165, 1.54) is 14.0 Å². The highest BCUT2D eigenvalue weighted by molar-refractivity contribution is 7.92. The van der Waals surface area contributed by atoms with Gasteiger partial charge in [-0.1, -0.05) is 0 Å². The number of hydrogen-bond acceptors (Lipinski definition) is 6. The van der Waals surface area contributed by atoms with Crippen molar-refractivity contribution in [3.05, 3.63) is 0 Å². The van der Waals surface area contributed by atoms with Crippen molar-refractivity contribution in [2.45, 2.75) is 18.6 Å². The van der Waals surface area contributed by atoms with Crippen LogP contribution >= 0.6 is 0 Å². The molecule has 1 saturated heterocycles. The lowest BCUT2D eigenvalue weighted by atomic mass is 10.2. The Labute approximate surface area is 119 Å². The zero-order chi connectivity index (χ0) is 15.3. The van der Waals surface area contributed by atoms with Crippen molar-refractivity contribution < 1.29 is 22.7 Å². The summed E-state index contributed by atoms with van der Waals surface area (Å²) in [4.78, 5) is 26.7. The first-order valence-corrected chi connectivity index (χ1v) is 8.48. The van der Waals surface area contributed by atoms with Crippen LogP contribution in [0.2, 0.25) is 0 Å². The molecule has 1 amide bonds. The summed E-state index contributed by atoms with van der Waals surface area (Å²) in [6.07, 6.45) is 1.40. The molecule has 0 aromatic heterocycles. The molecule has 116 valence electrons. The maximum absolute atomic E-state index is 12.0. The quantitative estimate of drug-likeness (QED) is 0.614. The molecule has 1 aliphatic rings. The van der Waals surface area contributed by atoms with Gasteiger partial charge in [-0.05, 0) is 6.92 Å². The number of rotatable bonds is 5. The van der Waals surface area contributed by atoms with Crippen LogP contribution in [0.4, 0.5) is 0 Å². The molecule has 0 bridgehead atoms. The van der Waals surface area contributed by atoms with Crippen molar-refractivity contribution >= 4 is 21.7 Å². The minimum absolute atomic E-state index is 0.255. The fraction of sp³-hybridized carbons (Fsp3) is 0.833. The monoisotopic (exact) mass is 306 g/mol. The Bertz CT molecular complexity index is 454. The first-order valence-electron chi connectivity index (χ1n) is 6.52. The van der Waals surface area contributed by atoms with Gasteiger partial charge in [0.2, 0.25) is 5.91 Å². The highest BCUT2D eigenvalue weighted by Gasteiger charge is 2.30. The molecule has 8 heteroatoms. The lowest BCUT2D eigenvalue weighted by Gasteiger charge is -2.35. The second kappa shape index (κ2) is 7.03. The molecule has 0 radical (unpaired) electrons. The SMILES string of the molecule is COC(=O)CCN1CCN(C(=O)C(C)S(C)(=O)=O)CC1. The predicted molar refractivity (Wildman–Crippen MR) is 74.0 cm³/mol. The maximum atomic E-state index is 12.0. The summed E-state index contributed by atoms with van der Waals surface area (Å²) in [5, 5.41) is -0.996. The summed E-state index contributed by atoms with van der Waals surface area (Å²) in [7, 11) is -2.00. The van der Waals surface area contributed by atoms with Crippen LogP contribution < -0.4 is 0 Å². The van der Waals surface area contributed by atoms with E-state index in [1.807, 2.05) is 0 Å². The van der Waals surface area contributed by atoms with Gasteiger partial charge in [0, 0.05) is 39.0 Å². The van der Waals surface area contributed by atoms with Gasteiger partial charge in [0.1, 0.15) is 5.25 Å². The van der Waals surface area contributed by atoms with E-state index in [9.17, 15) is 18.0 Å². The number of esters is 1. The highest BCUT2D eigenvalue weighted by atomic mass is 32.2. The van der Waals surface area contributed by atoms with Crippen molar-refractivity contribution in [1.82, 2.24) is 9.80 Å². The van der Waals surface area contributed by atoms with Gasteiger partial charge in [-0.15, -0.1) is 0 Å². The number of sulfone groups is 1. The molecule has 0 saturated carbocycles. The van der Waals surface area contributed by atoms with Crippen LogP contribution in [0, 0.1) is 0 Å². The lowest BCUT2D eigenvalue weighted by Crippen LogP contribution is -2.52. The predicted octanol–water partition coefficient (Wildman–Crippen LogP) is -0.873. The minimum Gasteiger partial charge on any atom is -0.469 e. The Hall–Kier alpha value is -1.15. The summed E-state index contributed by atoms with van der Waals surface area (Å²) < 4.78 is 27.3. The van der Waals surface area contributed by atoms with Crippen molar-refractivity contribution in [3.8, 4) is 0 Å². The molecule has 1 aliphatic heterocycles. The van der Waals surface area contributed by atoms with Crippen molar-refractivity contribution in [2.24, 2.45) is 0 Å². The number of ether oxygens (including phenoxy) is 1. The standard InChI is InChI=1S/C12H22N2O5S/c1-10(20(3,17)18)12(16)14-8-6-13(7-9-14)5-4-11(15)19-2/h10H,4-9H2,1-3H3. The van der Waals surface area contributed by atoms with Gasteiger partial charge in [-0.2, -0.15) is 0 Å². The fourth-order valence-electron chi connectivity index (χ4n) is 1.98. The van der Waals surface area contributed by atoms with Gasteiger partial charge >= 0.3 is 5.97 Å². The first-order chi connectivity index (χ1) is 9.25. The van der Waals surface area contributed by atoms with Crippen LogP contribution in [0.15, 0.2) is 0 Å². The Morgan fingerprint density at radius 1 is 1.20 bits per heavy atom. The van der Waals surface area contributed by atoms with Gasteiger partial charge < -0.3 is 9.64 Å². The van der Waals surface area contributed by atoms with E-state index in [-0.39, 0.29) is 11.9 Å². The fourth-order valence-corrected chi connectivity index (χ4v) is 2.50. The number of piperazine rings is 1. The van der Waals surface area contributed by atoms with Crippen molar-refractivity contribution in [2.75, 3.05) is 46.1 Å². The van der Waals surface area contributed by atoms with Gasteiger partial charge in [0.25, 0.3) is 0 Å². The second-order valence-electron chi connectivity index (χ2n) is 4.96. The summed E-state index contributed by atoms with van der Waals surface area (Å²) in [6, 6.07) is 0. The molecular weight excluding hydrogens is 284 g/mol. The van der Waals surface area contributed by atoms with E-state index in [0.29, 0.717) is 39.1 Å². The van der Waals surface area contributed by atoms with Crippen molar-refractivity contribution in [1.29, 1.82) is 0 Å². The van der Waals surface area contributed by atoms with Gasteiger partial charge in [-0.25, -0.2) is 8.42 Å². The molecule has 1 heterocycles. The molecule has 0 aliphatic carbocycles. The molecule has 1 rings (SSSR count). The molecule has 1 unspecified atom stereocenters. The number of methoxy groups -OCH3 is 1. The van der Waals surface area contributed by atoms with E-state index in [4.69, 9.17) is 0 Å². The van der Waals surface area contributed by atoms with Crippen LogP contribution in [-0.2, 0) is 24.2 Å². The molecule has 1 atom stereocenters. The topological polar surface area (TPSA) is 84.0 Å². The minimum atomic E-state index is -3.36. The first kappa shape index (κ1) is 16.9. The largest absolute Gasteiger partial charge is 0.469 e. The molecule has 0 spiro atoms. The van der Waals surface area contributed by atoms with Crippen LogP contribution in [0.3, 0.4) is 0 Å². The smallest absolute Gasteiger partial charge is 0.306 e. The molecular formula is C12H22N2O5S. The molecule has 0 aromatic rings. The van der Waals surface area contributed by atoms with Crippen LogP contribution in [0.1, 0.15) is 13.3 Å². The van der Waals surface area contributed by atoms with E-state index in [0.717, 1.165) is 6.26 Å². The zero-order valence-electron chi connectivity index (χ0n) is 12.2. The van der Waals surface area contributed by atoms with Crippen molar-refractivity contribution in [3.63, 3.8) is 0 Å². The third-order valence-electron chi connectivity index (χ3n) is 3.53. The Kier molecular flexibility index (Phi) is 5.94. The molecule has 0 aromatic carbocycles. The third kappa shape index (κ3) is 4.75. The average molecular weight is 306 g/mol. The van der Waals surface area contributed by atoms with Gasteiger partial charge in [-0.3, -0.25) is 14.5 Å². The number of carbonyl (C=O) groups excluding carboxylic acids is 2. The number of carbonyl (C=O) groups is 2. The molecule has 20 heavy (non-hydrogen) atoms. The van der Waals surface area contributed by atoms with Gasteiger partial charge in [0.15, 0.2) is 9.84 Å².